The van der Waals surface area contributed by atoms with Crippen LogP contribution < -0.4 is 0 Å². The highest BCUT2D eigenvalue weighted by atomic mass is 16.5. The molecule has 0 heterocycles. The Hall–Kier alpha value is -1.64. The molecule has 21 heavy (non-hydrogen) atoms. The second kappa shape index (κ2) is 9.32. The summed E-state index contributed by atoms with van der Waals surface area (Å²) < 4.78 is 5.27. The lowest BCUT2D eigenvalue weighted by atomic mass is 9.96. The van der Waals surface area contributed by atoms with Crippen LogP contribution in [0.1, 0.15) is 52.0 Å². The Kier molecular flexibility index (Phi) is 7.73. The number of hydrogen-bond donors (Lipinski definition) is 0. The number of hydrogen-bond acceptors (Lipinski definition) is 3. The number of esters is 1. The van der Waals surface area contributed by atoms with Crippen molar-refractivity contribution < 1.29 is 14.3 Å². The third kappa shape index (κ3) is 7.07. The predicted octanol–water partition coefficient (Wildman–Crippen LogP) is 4.15. The molecule has 0 radical (unpaired) electrons. The molecule has 0 aliphatic heterocycles. The van der Waals surface area contributed by atoms with E-state index in [2.05, 4.69) is 13.8 Å². The minimum atomic E-state index is -0.610. The molecule has 3 nitrogen and oxygen atoms in total. The van der Waals surface area contributed by atoms with Crippen molar-refractivity contribution in [1.29, 1.82) is 0 Å². The Morgan fingerprint density at radius 1 is 1.05 bits per heavy atom. The molecule has 0 aromatic heterocycles. The van der Waals surface area contributed by atoms with Gasteiger partial charge < -0.3 is 4.74 Å². The van der Waals surface area contributed by atoms with Crippen molar-refractivity contribution in [2.24, 2.45) is 11.8 Å². The molecule has 0 bridgehead atoms. The van der Waals surface area contributed by atoms with Gasteiger partial charge in [0.25, 0.3) is 0 Å². The van der Waals surface area contributed by atoms with Crippen LogP contribution in [-0.2, 0) is 20.9 Å². The number of unbranched alkanes of at least 4 members (excludes halogenated alkanes) is 1. The molecule has 1 rings (SSSR count). The highest BCUT2D eigenvalue weighted by molar-refractivity contribution is 5.97. The minimum Gasteiger partial charge on any atom is -0.460 e. The standard InChI is InChI=1S/C18H26O3/c1-14(2)9-7-8-12-17(15(3)19)18(20)21-13-16-10-5-4-6-11-16/h4-6,10-11,14,17H,7-9,12-13H2,1-3H3. The smallest absolute Gasteiger partial charge is 0.316 e. The van der Waals surface area contributed by atoms with Gasteiger partial charge in [-0.3, -0.25) is 9.59 Å². The van der Waals surface area contributed by atoms with Crippen molar-refractivity contribution in [3.05, 3.63) is 35.9 Å². The summed E-state index contributed by atoms with van der Waals surface area (Å²) in [5.74, 6) is -0.444. The molecular formula is C18H26O3. The van der Waals surface area contributed by atoms with E-state index in [0.717, 1.165) is 24.8 Å². The highest BCUT2D eigenvalue weighted by Crippen LogP contribution is 2.16. The summed E-state index contributed by atoms with van der Waals surface area (Å²) in [6.45, 7) is 6.06. The third-order valence-corrected chi connectivity index (χ3v) is 3.52. The Morgan fingerprint density at radius 3 is 2.24 bits per heavy atom. The van der Waals surface area contributed by atoms with Crippen LogP contribution in [0.15, 0.2) is 30.3 Å². The fourth-order valence-corrected chi connectivity index (χ4v) is 2.22. The fourth-order valence-electron chi connectivity index (χ4n) is 2.22. The molecule has 3 heteroatoms. The molecule has 1 atom stereocenters. The molecule has 0 aliphatic carbocycles. The second-order valence-electron chi connectivity index (χ2n) is 5.93. The van der Waals surface area contributed by atoms with Crippen molar-refractivity contribution in [1.82, 2.24) is 0 Å². The Morgan fingerprint density at radius 2 is 1.67 bits per heavy atom. The van der Waals surface area contributed by atoms with E-state index in [0.29, 0.717) is 12.3 Å². The number of carbonyl (C=O) groups is 2. The van der Waals surface area contributed by atoms with Crippen molar-refractivity contribution in [2.75, 3.05) is 0 Å². The third-order valence-electron chi connectivity index (χ3n) is 3.52. The average molecular weight is 290 g/mol. The molecule has 1 aromatic carbocycles. The normalized spacial score (nSPS) is 12.2. The van der Waals surface area contributed by atoms with Gasteiger partial charge in [-0.15, -0.1) is 0 Å². The van der Waals surface area contributed by atoms with E-state index >= 15 is 0 Å². The summed E-state index contributed by atoms with van der Waals surface area (Å²) in [5.41, 5.74) is 0.938. The fraction of sp³-hybridized carbons (Fsp3) is 0.556. The molecule has 0 N–H and O–H groups in total. The molecule has 0 saturated heterocycles. The topological polar surface area (TPSA) is 43.4 Å². The van der Waals surface area contributed by atoms with E-state index in [1.165, 1.54) is 6.92 Å². The SMILES string of the molecule is CC(=O)C(CCCCC(C)C)C(=O)OCc1ccccc1. The zero-order valence-electron chi connectivity index (χ0n) is 13.3. The van der Waals surface area contributed by atoms with Crippen LogP contribution in [0.2, 0.25) is 0 Å². The van der Waals surface area contributed by atoms with Gasteiger partial charge in [0.05, 0.1) is 0 Å². The highest BCUT2D eigenvalue weighted by Gasteiger charge is 2.24. The maximum absolute atomic E-state index is 12.0. The second-order valence-corrected chi connectivity index (χ2v) is 5.93. The van der Waals surface area contributed by atoms with Gasteiger partial charge in [0.1, 0.15) is 18.3 Å². The van der Waals surface area contributed by atoms with Crippen LogP contribution in [-0.4, -0.2) is 11.8 Å². The van der Waals surface area contributed by atoms with E-state index in [1.54, 1.807) is 0 Å². The number of ketones is 1. The summed E-state index contributed by atoms with van der Waals surface area (Å²) in [4.78, 5) is 23.7. The Labute approximate surface area is 127 Å². The maximum atomic E-state index is 12.0. The molecule has 0 spiro atoms. The van der Waals surface area contributed by atoms with Gasteiger partial charge in [-0.2, -0.15) is 0 Å². The van der Waals surface area contributed by atoms with Crippen LogP contribution in [0.4, 0.5) is 0 Å². The number of Topliss-reactive ketones (excluding diaryl/α,β-unsaturated/α-hetero) is 1. The lowest BCUT2D eigenvalue weighted by Gasteiger charge is -2.13. The number of benzene rings is 1. The quantitative estimate of drug-likeness (QED) is 0.390. The summed E-state index contributed by atoms with van der Waals surface area (Å²) in [6.07, 6.45) is 3.66. The van der Waals surface area contributed by atoms with Gasteiger partial charge in [0.15, 0.2) is 0 Å². The van der Waals surface area contributed by atoms with E-state index in [4.69, 9.17) is 4.74 Å². The number of ether oxygens (including phenoxy) is 1. The van der Waals surface area contributed by atoms with E-state index in [-0.39, 0.29) is 12.4 Å². The number of carbonyl (C=O) groups excluding carboxylic acids is 2. The lowest BCUT2D eigenvalue weighted by molar-refractivity contribution is -0.153. The van der Waals surface area contributed by atoms with Crippen molar-refractivity contribution in [3.63, 3.8) is 0 Å². The van der Waals surface area contributed by atoms with Gasteiger partial charge in [-0.25, -0.2) is 0 Å². The first-order chi connectivity index (χ1) is 10.0. The summed E-state index contributed by atoms with van der Waals surface area (Å²) >= 11 is 0. The van der Waals surface area contributed by atoms with Gasteiger partial charge >= 0.3 is 5.97 Å². The summed E-state index contributed by atoms with van der Waals surface area (Å²) in [6, 6.07) is 9.52. The zero-order chi connectivity index (χ0) is 15.7. The van der Waals surface area contributed by atoms with E-state index in [1.807, 2.05) is 30.3 Å². The van der Waals surface area contributed by atoms with Gasteiger partial charge in [-0.1, -0.05) is 63.4 Å². The van der Waals surface area contributed by atoms with Crippen molar-refractivity contribution >= 4 is 11.8 Å². The maximum Gasteiger partial charge on any atom is 0.316 e. The van der Waals surface area contributed by atoms with Gasteiger partial charge in [0, 0.05) is 0 Å². The zero-order valence-corrected chi connectivity index (χ0v) is 13.3. The van der Waals surface area contributed by atoms with Crippen LogP contribution >= 0.6 is 0 Å². The van der Waals surface area contributed by atoms with E-state index in [9.17, 15) is 9.59 Å². The van der Waals surface area contributed by atoms with E-state index < -0.39 is 11.9 Å². The first-order valence-electron chi connectivity index (χ1n) is 7.71. The van der Waals surface area contributed by atoms with Crippen molar-refractivity contribution in [2.45, 2.75) is 53.1 Å². The minimum absolute atomic E-state index is 0.0994. The molecule has 0 amide bonds. The number of rotatable bonds is 9. The largest absolute Gasteiger partial charge is 0.460 e. The molecule has 1 unspecified atom stereocenters. The summed E-state index contributed by atoms with van der Waals surface area (Å²) in [7, 11) is 0. The van der Waals surface area contributed by atoms with Gasteiger partial charge in [-0.05, 0) is 24.8 Å². The van der Waals surface area contributed by atoms with Gasteiger partial charge in [0.2, 0.25) is 0 Å². The Balaban J connectivity index is 2.40. The lowest BCUT2D eigenvalue weighted by Crippen LogP contribution is -2.24. The summed E-state index contributed by atoms with van der Waals surface area (Å²) in [5, 5.41) is 0. The first kappa shape index (κ1) is 17.4. The average Bonchev–Trinajstić information content (AvgIpc) is 2.45. The molecule has 0 aliphatic rings. The van der Waals surface area contributed by atoms with Crippen molar-refractivity contribution in [3.8, 4) is 0 Å². The van der Waals surface area contributed by atoms with Crippen LogP contribution in [0.3, 0.4) is 0 Å². The van der Waals surface area contributed by atoms with Crippen LogP contribution in [0, 0.1) is 11.8 Å². The monoisotopic (exact) mass is 290 g/mol. The van der Waals surface area contributed by atoms with Crippen LogP contribution in [0.5, 0.6) is 0 Å². The molecule has 1 aromatic rings. The predicted molar refractivity (Wildman–Crippen MR) is 83.7 cm³/mol. The molecule has 0 saturated carbocycles. The molecular weight excluding hydrogens is 264 g/mol. The molecule has 116 valence electrons. The molecule has 0 fully saturated rings. The van der Waals surface area contributed by atoms with Crippen LogP contribution in [0.25, 0.3) is 0 Å². The first-order valence-corrected chi connectivity index (χ1v) is 7.71. The Bertz CT molecular complexity index is 437.